The number of benzene rings is 1. The standard InChI is InChI=1S/C9H12BFN2O3/c1-5(12)13-9(14)7-3-2-6(10(15)16)4-8(7)11/h2-5,15-16H,12H2,1H3,(H,13,14). The van der Waals surface area contributed by atoms with Crippen molar-refractivity contribution in [1.82, 2.24) is 5.32 Å². The van der Waals surface area contributed by atoms with E-state index in [2.05, 4.69) is 5.32 Å². The molecule has 0 aliphatic rings. The van der Waals surface area contributed by atoms with Gasteiger partial charge in [-0.3, -0.25) is 4.79 Å². The molecule has 7 heteroatoms. The average molecular weight is 226 g/mol. The molecule has 0 saturated carbocycles. The molecule has 0 saturated heterocycles. The second-order valence-corrected chi connectivity index (χ2v) is 3.38. The maximum absolute atomic E-state index is 13.4. The Morgan fingerprint density at radius 3 is 2.62 bits per heavy atom. The maximum Gasteiger partial charge on any atom is 0.488 e. The number of carbonyl (C=O) groups is 1. The Kier molecular flexibility index (Phi) is 4.00. The Morgan fingerprint density at radius 2 is 2.19 bits per heavy atom. The molecule has 1 unspecified atom stereocenters. The number of hydrogen-bond acceptors (Lipinski definition) is 4. The number of halogens is 1. The number of nitrogens with one attached hydrogen (secondary N) is 1. The Hall–Kier alpha value is -1.44. The molecule has 0 bridgehead atoms. The predicted octanol–water partition coefficient (Wildman–Crippen LogP) is -1.46. The van der Waals surface area contributed by atoms with Crippen molar-refractivity contribution in [1.29, 1.82) is 0 Å². The second kappa shape index (κ2) is 5.06. The first-order valence-electron chi connectivity index (χ1n) is 4.64. The van der Waals surface area contributed by atoms with Crippen molar-refractivity contribution in [2.24, 2.45) is 5.73 Å². The summed E-state index contributed by atoms with van der Waals surface area (Å²) >= 11 is 0. The number of amides is 1. The lowest BCUT2D eigenvalue weighted by Crippen LogP contribution is -2.39. The third-order valence-corrected chi connectivity index (χ3v) is 1.89. The van der Waals surface area contributed by atoms with Gasteiger partial charge in [0, 0.05) is 0 Å². The molecule has 5 N–H and O–H groups in total. The minimum atomic E-state index is -1.76. The lowest BCUT2D eigenvalue weighted by molar-refractivity contribution is 0.0937. The van der Waals surface area contributed by atoms with Crippen LogP contribution in [0.5, 0.6) is 0 Å². The van der Waals surface area contributed by atoms with Crippen molar-refractivity contribution < 1.29 is 19.2 Å². The Morgan fingerprint density at radius 1 is 1.56 bits per heavy atom. The van der Waals surface area contributed by atoms with Crippen LogP contribution in [0.3, 0.4) is 0 Å². The molecule has 1 rings (SSSR count). The zero-order valence-electron chi connectivity index (χ0n) is 8.64. The quantitative estimate of drug-likeness (QED) is 0.374. The van der Waals surface area contributed by atoms with E-state index in [1.165, 1.54) is 12.1 Å². The molecule has 0 spiro atoms. The molecule has 0 aromatic heterocycles. The van der Waals surface area contributed by atoms with Gasteiger partial charge in [0.05, 0.1) is 11.7 Å². The van der Waals surface area contributed by atoms with Crippen LogP contribution in [-0.2, 0) is 0 Å². The van der Waals surface area contributed by atoms with Gasteiger partial charge in [0.2, 0.25) is 0 Å². The van der Waals surface area contributed by atoms with Gasteiger partial charge in [0.25, 0.3) is 5.91 Å². The van der Waals surface area contributed by atoms with E-state index in [9.17, 15) is 9.18 Å². The van der Waals surface area contributed by atoms with E-state index in [4.69, 9.17) is 15.8 Å². The van der Waals surface area contributed by atoms with E-state index in [-0.39, 0.29) is 11.0 Å². The van der Waals surface area contributed by atoms with E-state index in [0.717, 1.165) is 6.07 Å². The van der Waals surface area contributed by atoms with Gasteiger partial charge in [-0.15, -0.1) is 0 Å². The smallest absolute Gasteiger partial charge is 0.423 e. The van der Waals surface area contributed by atoms with Crippen LogP contribution in [0.2, 0.25) is 0 Å². The van der Waals surface area contributed by atoms with Crippen LogP contribution in [0.4, 0.5) is 4.39 Å². The van der Waals surface area contributed by atoms with Crippen LogP contribution in [-0.4, -0.2) is 29.2 Å². The van der Waals surface area contributed by atoms with E-state index in [1.54, 1.807) is 6.92 Å². The summed E-state index contributed by atoms with van der Waals surface area (Å²) in [6, 6.07) is 3.31. The van der Waals surface area contributed by atoms with Gasteiger partial charge in [-0.05, 0) is 24.5 Å². The fraction of sp³-hybridized carbons (Fsp3) is 0.222. The molecule has 1 aromatic rings. The van der Waals surface area contributed by atoms with Crippen molar-refractivity contribution in [2.75, 3.05) is 0 Å². The Labute approximate surface area is 92.2 Å². The van der Waals surface area contributed by atoms with Gasteiger partial charge in [0.1, 0.15) is 5.82 Å². The first-order chi connectivity index (χ1) is 7.41. The van der Waals surface area contributed by atoms with Crippen LogP contribution < -0.4 is 16.5 Å². The Bertz CT molecular complexity index is 398. The molecule has 86 valence electrons. The van der Waals surface area contributed by atoms with Crippen LogP contribution in [0.15, 0.2) is 18.2 Å². The first kappa shape index (κ1) is 12.6. The highest BCUT2D eigenvalue weighted by molar-refractivity contribution is 6.58. The summed E-state index contributed by atoms with van der Waals surface area (Å²) in [6.07, 6.45) is -0.588. The fourth-order valence-electron chi connectivity index (χ4n) is 1.16. The molecule has 1 atom stereocenters. The second-order valence-electron chi connectivity index (χ2n) is 3.38. The highest BCUT2D eigenvalue weighted by Gasteiger charge is 2.17. The van der Waals surface area contributed by atoms with E-state index in [0.29, 0.717) is 0 Å². The van der Waals surface area contributed by atoms with E-state index >= 15 is 0 Å². The highest BCUT2D eigenvalue weighted by Crippen LogP contribution is 2.05. The summed E-state index contributed by atoms with van der Waals surface area (Å²) in [5.74, 6) is -1.48. The normalized spacial score (nSPS) is 12.1. The van der Waals surface area contributed by atoms with Crippen LogP contribution in [0.25, 0.3) is 0 Å². The van der Waals surface area contributed by atoms with Gasteiger partial charge in [-0.25, -0.2) is 4.39 Å². The summed E-state index contributed by atoms with van der Waals surface area (Å²) in [7, 11) is -1.76. The summed E-state index contributed by atoms with van der Waals surface area (Å²) in [5.41, 5.74) is 5.11. The molecule has 16 heavy (non-hydrogen) atoms. The van der Waals surface area contributed by atoms with Crippen molar-refractivity contribution in [3.05, 3.63) is 29.6 Å². The van der Waals surface area contributed by atoms with Gasteiger partial charge >= 0.3 is 7.12 Å². The molecular weight excluding hydrogens is 214 g/mol. The van der Waals surface area contributed by atoms with Crippen molar-refractivity contribution in [3.8, 4) is 0 Å². The third kappa shape index (κ3) is 3.03. The predicted molar refractivity (Wildman–Crippen MR) is 57.3 cm³/mol. The van der Waals surface area contributed by atoms with Crippen LogP contribution in [0, 0.1) is 5.82 Å². The molecule has 5 nitrogen and oxygen atoms in total. The van der Waals surface area contributed by atoms with Gasteiger partial charge in [-0.1, -0.05) is 6.07 Å². The molecule has 1 aromatic carbocycles. The van der Waals surface area contributed by atoms with Crippen molar-refractivity contribution in [2.45, 2.75) is 13.1 Å². The van der Waals surface area contributed by atoms with Gasteiger partial charge in [0.15, 0.2) is 0 Å². The zero-order valence-corrected chi connectivity index (χ0v) is 8.64. The van der Waals surface area contributed by atoms with Gasteiger partial charge in [-0.2, -0.15) is 0 Å². The van der Waals surface area contributed by atoms with E-state index < -0.39 is 25.0 Å². The molecule has 0 fully saturated rings. The fourth-order valence-corrected chi connectivity index (χ4v) is 1.16. The first-order valence-corrected chi connectivity index (χ1v) is 4.64. The average Bonchev–Trinajstić information content (AvgIpc) is 2.15. The number of carbonyl (C=O) groups excluding carboxylic acids is 1. The monoisotopic (exact) mass is 226 g/mol. The molecule has 0 heterocycles. The number of nitrogens with two attached hydrogens (primary N) is 1. The van der Waals surface area contributed by atoms with Crippen LogP contribution in [0.1, 0.15) is 17.3 Å². The molecule has 1 amide bonds. The third-order valence-electron chi connectivity index (χ3n) is 1.89. The SMILES string of the molecule is CC(N)NC(=O)c1ccc(B(O)O)cc1F. The lowest BCUT2D eigenvalue weighted by atomic mass is 9.80. The molecule has 0 aliphatic heterocycles. The highest BCUT2D eigenvalue weighted by atomic mass is 19.1. The molecule has 0 radical (unpaired) electrons. The molecule has 0 aliphatic carbocycles. The summed E-state index contributed by atoms with van der Waals surface area (Å²) < 4.78 is 13.4. The van der Waals surface area contributed by atoms with Gasteiger partial charge < -0.3 is 21.1 Å². The zero-order chi connectivity index (χ0) is 12.3. The van der Waals surface area contributed by atoms with Crippen molar-refractivity contribution in [3.63, 3.8) is 0 Å². The maximum atomic E-state index is 13.4. The molecular formula is C9H12BFN2O3. The Balaban J connectivity index is 2.95. The lowest BCUT2D eigenvalue weighted by Gasteiger charge is -2.09. The van der Waals surface area contributed by atoms with Crippen LogP contribution >= 0.6 is 0 Å². The topological polar surface area (TPSA) is 95.6 Å². The summed E-state index contributed by atoms with van der Waals surface area (Å²) in [4.78, 5) is 11.4. The van der Waals surface area contributed by atoms with E-state index in [1.807, 2.05) is 0 Å². The summed E-state index contributed by atoms with van der Waals surface area (Å²) in [6.45, 7) is 1.54. The van der Waals surface area contributed by atoms with Crippen molar-refractivity contribution >= 4 is 18.5 Å². The minimum absolute atomic E-state index is 0.0187. The number of rotatable bonds is 3. The summed E-state index contributed by atoms with van der Waals surface area (Å²) in [5, 5.41) is 19.9. The number of hydrogen-bond donors (Lipinski definition) is 4. The largest absolute Gasteiger partial charge is 0.488 e. The minimum Gasteiger partial charge on any atom is -0.423 e.